The molecule has 2 N–H and O–H groups in total. The maximum absolute atomic E-state index is 13.2. The van der Waals surface area contributed by atoms with Gasteiger partial charge in [0.05, 0.1) is 6.04 Å². The molecule has 0 bridgehead atoms. The van der Waals surface area contributed by atoms with Gasteiger partial charge in [0.25, 0.3) is 5.91 Å². The lowest BCUT2D eigenvalue weighted by atomic mass is 9.90. The number of carbonyl (C=O) groups excluding carboxylic acids is 1. The molecule has 1 heterocycles. The van der Waals surface area contributed by atoms with Crippen LogP contribution in [0.5, 0.6) is 0 Å². The number of hydrogen-bond acceptors (Lipinski definition) is 3. The average Bonchev–Trinajstić information content (AvgIpc) is 2.74. The van der Waals surface area contributed by atoms with Crippen molar-refractivity contribution in [2.45, 2.75) is 31.6 Å². The van der Waals surface area contributed by atoms with Gasteiger partial charge in [-0.2, -0.15) is 0 Å². The Morgan fingerprint density at radius 3 is 2.17 bits per heavy atom. The van der Waals surface area contributed by atoms with E-state index in [2.05, 4.69) is 31.2 Å². The smallest absolute Gasteiger partial charge is 0.252 e. The third-order valence-electron chi connectivity index (χ3n) is 5.59. The minimum Gasteiger partial charge on any atom is -0.399 e. The molecule has 0 saturated carbocycles. The van der Waals surface area contributed by atoms with E-state index in [0.717, 1.165) is 16.7 Å². The van der Waals surface area contributed by atoms with Crippen LogP contribution >= 0.6 is 0 Å². The summed E-state index contributed by atoms with van der Waals surface area (Å²) in [5, 5.41) is 0. The highest BCUT2D eigenvalue weighted by Crippen LogP contribution is 2.41. The van der Waals surface area contributed by atoms with Crippen LogP contribution in [-0.4, -0.2) is 24.0 Å². The fourth-order valence-corrected chi connectivity index (χ4v) is 3.95. The summed E-state index contributed by atoms with van der Waals surface area (Å²) in [6.07, 6.45) is -0.239. The topological polar surface area (TPSA) is 55.6 Å². The van der Waals surface area contributed by atoms with Crippen LogP contribution in [0.3, 0.4) is 0 Å². The Morgan fingerprint density at radius 1 is 0.897 bits per heavy atom. The number of anilines is 1. The maximum atomic E-state index is 13.2. The highest BCUT2D eigenvalue weighted by molar-refractivity contribution is 5.82. The number of amides is 1. The normalized spacial score (nSPS) is 21.9. The monoisotopic (exact) mass is 386 g/mol. The van der Waals surface area contributed by atoms with Gasteiger partial charge in [-0.05, 0) is 35.7 Å². The second-order valence-corrected chi connectivity index (χ2v) is 7.71. The van der Waals surface area contributed by atoms with Gasteiger partial charge in [0.2, 0.25) is 0 Å². The summed E-state index contributed by atoms with van der Waals surface area (Å²) in [6, 6.07) is 25.9. The van der Waals surface area contributed by atoms with Crippen LogP contribution in [0.25, 0.3) is 0 Å². The second kappa shape index (κ2) is 8.10. The first-order valence-corrected chi connectivity index (χ1v) is 9.91. The van der Waals surface area contributed by atoms with Gasteiger partial charge in [-0.25, -0.2) is 0 Å². The Bertz CT molecular complexity index is 968. The Balaban J connectivity index is 1.71. The van der Waals surface area contributed by atoms with Crippen molar-refractivity contribution in [1.82, 2.24) is 4.90 Å². The first-order valence-electron chi connectivity index (χ1n) is 9.91. The van der Waals surface area contributed by atoms with E-state index < -0.39 is 6.10 Å². The molecule has 0 spiro atoms. The highest BCUT2D eigenvalue weighted by Gasteiger charge is 2.42. The van der Waals surface area contributed by atoms with E-state index in [1.165, 1.54) is 5.56 Å². The SMILES string of the molecule is Cc1ccc(C2C(c3ccc(N)cc3)OC(Cc3ccccc3)C(=O)N2C)cc1. The summed E-state index contributed by atoms with van der Waals surface area (Å²) in [4.78, 5) is 15.0. The van der Waals surface area contributed by atoms with Gasteiger partial charge in [-0.3, -0.25) is 4.79 Å². The van der Waals surface area contributed by atoms with Crippen LogP contribution in [0.4, 0.5) is 5.69 Å². The van der Waals surface area contributed by atoms with Crippen LogP contribution in [0.1, 0.15) is 34.4 Å². The molecule has 3 aromatic rings. The van der Waals surface area contributed by atoms with Crippen molar-refractivity contribution in [3.8, 4) is 0 Å². The molecule has 1 fully saturated rings. The highest BCUT2D eigenvalue weighted by atomic mass is 16.5. The first-order chi connectivity index (χ1) is 14.0. The number of hydrogen-bond donors (Lipinski definition) is 1. The average molecular weight is 386 g/mol. The zero-order chi connectivity index (χ0) is 20.4. The Kier molecular flexibility index (Phi) is 5.36. The van der Waals surface area contributed by atoms with Crippen molar-refractivity contribution in [2.24, 2.45) is 0 Å². The standard InChI is InChI=1S/C25H26N2O2/c1-17-8-10-19(11-9-17)23-24(20-12-14-21(26)15-13-20)29-22(25(28)27(23)2)16-18-6-4-3-5-7-18/h3-15,22-24H,16,26H2,1-2H3. The van der Waals surface area contributed by atoms with E-state index in [1.54, 1.807) is 0 Å². The molecule has 1 aliphatic heterocycles. The number of nitrogen functional groups attached to an aromatic ring is 1. The summed E-state index contributed by atoms with van der Waals surface area (Å²) in [5.74, 6) is 0.00567. The number of likely N-dealkylation sites (N-methyl/N-ethyl adjacent to an activating group) is 1. The summed E-state index contributed by atoms with van der Waals surface area (Å²) in [7, 11) is 1.87. The van der Waals surface area contributed by atoms with Crippen LogP contribution in [0.2, 0.25) is 0 Å². The molecule has 0 aliphatic carbocycles. The lowest BCUT2D eigenvalue weighted by Gasteiger charge is -2.43. The van der Waals surface area contributed by atoms with Gasteiger partial charge < -0.3 is 15.4 Å². The maximum Gasteiger partial charge on any atom is 0.252 e. The number of nitrogens with zero attached hydrogens (tertiary/aromatic N) is 1. The zero-order valence-corrected chi connectivity index (χ0v) is 16.8. The quantitative estimate of drug-likeness (QED) is 0.674. The van der Waals surface area contributed by atoms with Gasteiger partial charge >= 0.3 is 0 Å². The van der Waals surface area contributed by atoms with Crippen LogP contribution in [-0.2, 0) is 16.0 Å². The van der Waals surface area contributed by atoms with Crippen LogP contribution in [0, 0.1) is 6.92 Å². The molecule has 3 aromatic carbocycles. The molecule has 4 rings (SSSR count). The molecular formula is C25H26N2O2. The summed E-state index contributed by atoms with van der Waals surface area (Å²) in [6.45, 7) is 2.06. The molecule has 1 saturated heterocycles. The number of morpholine rings is 1. The minimum atomic E-state index is -0.522. The first kappa shape index (κ1) is 19.2. The molecule has 3 atom stereocenters. The van der Waals surface area contributed by atoms with Crippen molar-refractivity contribution in [3.05, 3.63) is 101 Å². The van der Waals surface area contributed by atoms with Crippen molar-refractivity contribution >= 4 is 11.6 Å². The summed E-state index contributed by atoms with van der Waals surface area (Å²) < 4.78 is 6.46. The third kappa shape index (κ3) is 4.03. The van der Waals surface area contributed by atoms with Crippen molar-refractivity contribution in [1.29, 1.82) is 0 Å². The van der Waals surface area contributed by atoms with Crippen molar-refractivity contribution in [3.63, 3.8) is 0 Å². The summed E-state index contributed by atoms with van der Waals surface area (Å²) in [5.41, 5.74) is 11.0. The predicted octanol–water partition coefficient (Wildman–Crippen LogP) is 4.46. The molecule has 1 aliphatic rings. The molecular weight excluding hydrogens is 360 g/mol. The number of benzene rings is 3. The van der Waals surface area contributed by atoms with Crippen molar-refractivity contribution < 1.29 is 9.53 Å². The van der Waals surface area contributed by atoms with Gasteiger partial charge in [-0.1, -0.05) is 72.3 Å². The van der Waals surface area contributed by atoms with E-state index >= 15 is 0 Å². The number of carbonyl (C=O) groups is 1. The number of ether oxygens (including phenoxy) is 1. The fourth-order valence-electron chi connectivity index (χ4n) is 3.95. The number of rotatable bonds is 4. The van der Waals surface area contributed by atoms with Gasteiger partial charge in [-0.15, -0.1) is 0 Å². The van der Waals surface area contributed by atoms with E-state index in [0.29, 0.717) is 12.1 Å². The lowest BCUT2D eigenvalue weighted by Crippen LogP contribution is -2.49. The third-order valence-corrected chi connectivity index (χ3v) is 5.59. The Hall–Kier alpha value is -3.11. The Morgan fingerprint density at radius 2 is 1.52 bits per heavy atom. The minimum absolute atomic E-state index is 0.00567. The predicted molar refractivity (Wildman–Crippen MR) is 115 cm³/mol. The fraction of sp³-hybridized carbons (Fsp3) is 0.240. The molecule has 0 radical (unpaired) electrons. The molecule has 1 amide bonds. The van der Waals surface area contributed by atoms with Gasteiger partial charge in [0.15, 0.2) is 0 Å². The van der Waals surface area contributed by atoms with E-state index in [4.69, 9.17) is 10.5 Å². The molecule has 4 heteroatoms. The van der Waals surface area contributed by atoms with Gasteiger partial charge in [0.1, 0.15) is 12.2 Å². The lowest BCUT2D eigenvalue weighted by molar-refractivity contribution is -0.171. The summed E-state index contributed by atoms with van der Waals surface area (Å²) >= 11 is 0. The molecule has 29 heavy (non-hydrogen) atoms. The van der Waals surface area contributed by atoms with Crippen LogP contribution in [0.15, 0.2) is 78.9 Å². The molecule has 3 unspecified atom stereocenters. The van der Waals surface area contributed by atoms with Crippen molar-refractivity contribution in [2.75, 3.05) is 12.8 Å². The Labute approximate surface area is 171 Å². The van der Waals surface area contributed by atoms with Crippen LogP contribution < -0.4 is 5.73 Å². The second-order valence-electron chi connectivity index (χ2n) is 7.71. The number of aryl methyl sites for hydroxylation is 1. The zero-order valence-electron chi connectivity index (χ0n) is 16.8. The molecule has 0 aromatic heterocycles. The van der Waals surface area contributed by atoms with E-state index in [1.807, 2.05) is 66.5 Å². The molecule has 148 valence electrons. The molecule has 4 nitrogen and oxygen atoms in total. The van der Waals surface area contributed by atoms with Gasteiger partial charge in [0, 0.05) is 19.2 Å². The van der Waals surface area contributed by atoms with E-state index in [-0.39, 0.29) is 18.1 Å². The largest absolute Gasteiger partial charge is 0.399 e. The van der Waals surface area contributed by atoms with E-state index in [9.17, 15) is 4.79 Å². The number of nitrogens with two attached hydrogens (primary N) is 1.